The maximum absolute atomic E-state index is 12.9. The molecule has 0 saturated carbocycles. The summed E-state index contributed by atoms with van der Waals surface area (Å²) >= 11 is 6.18. The Balaban J connectivity index is 2.13. The molecule has 3 nitrogen and oxygen atoms in total. The molecule has 0 N–H and O–H groups in total. The Labute approximate surface area is 152 Å². The number of fused-ring (bicyclic) bond motifs is 1. The number of hydrogen-bond donors (Lipinski definition) is 0. The molecular weight excluding hydrogens is 389 g/mol. The fraction of sp³-hybridized carbons (Fsp3) is 0.158. The van der Waals surface area contributed by atoms with Gasteiger partial charge in [0.2, 0.25) is 0 Å². The summed E-state index contributed by atoms with van der Waals surface area (Å²) in [5, 5.41) is 0.460. The number of likely N-dealkylation sites (N-methyl/N-ethyl adjacent to an activating group) is 1. The molecule has 1 amide bonds. The molecule has 24 heavy (non-hydrogen) atoms. The summed E-state index contributed by atoms with van der Waals surface area (Å²) in [7, 11) is 1.58. The van der Waals surface area contributed by atoms with Crippen molar-refractivity contribution in [1.29, 1.82) is 0 Å². The Morgan fingerprint density at radius 1 is 1.12 bits per heavy atom. The number of rotatable bonds is 3. The zero-order chi connectivity index (χ0) is 17.5. The third-order valence-electron chi connectivity index (χ3n) is 4.36. The van der Waals surface area contributed by atoms with Gasteiger partial charge >= 0.3 is 152 Å². The van der Waals surface area contributed by atoms with E-state index in [1.54, 1.807) is 26.1 Å². The summed E-state index contributed by atoms with van der Waals surface area (Å²) in [5.41, 5.74) is 0.279. The zero-order valence-electron chi connectivity index (χ0n) is 13.4. The molecule has 122 valence electrons. The van der Waals surface area contributed by atoms with Crippen LogP contribution in [0.5, 0.6) is 0 Å². The monoisotopic (exact) mass is 405 g/mol. The second-order valence-corrected chi connectivity index (χ2v) is 8.65. The van der Waals surface area contributed by atoms with Crippen molar-refractivity contribution < 1.29 is 9.59 Å². The average Bonchev–Trinajstić information content (AvgIpc) is 2.58. The van der Waals surface area contributed by atoms with Gasteiger partial charge in [0.05, 0.1) is 0 Å². The Hall–Kier alpha value is -1.87. The number of Topliss-reactive ketones (excluding diaryl/α,β-unsaturated/α-hetero) is 1. The van der Waals surface area contributed by atoms with E-state index in [2.05, 4.69) is 6.58 Å². The molecule has 1 atom stereocenters. The molecule has 1 unspecified atom stereocenters. The first-order valence-electron chi connectivity index (χ1n) is 7.41. The first-order chi connectivity index (χ1) is 11.4. The van der Waals surface area contributed by atoms with Crippen molar-refractivity contribution in [3.63, 3.8) is 0 Å². The molecular formula is C19H16ClNO2Se. The van der Waals surface area contributed by atoms with Crippen LogP contribution < -0.4 is 9.36 Å². The number of carbonyl (C=O) groups is 2. The van der Waals surface area contributed by atoms with Gasteiger partial charge in [-0.3, -0.25) is 0 Å². The van der Waals surface area contributed by atoms with Gasteiger partial charge in [-0.1, -0.05) is 0 Å². The fourth-order valence-electron chi connectivity index (χ4n) is 2.86. The average molecular weight is 405 g/mol. The van der Waals surface area contributed by atoms with Gasteiger partial charge in [-0.15, -0.1) is 0 Å². The van der Waals surface area contributed by atoms with Crippen molar-refractivity contribution in [1.82, 2.24) is 0 Å². The Morgan fingerprint density at radius 2 is 1.79 bits per heavy atom. The molecule has 0 radical (unpaired) electrons. The van der Waals surface area contributed by atoms with Crippen LogP contribution in [0.15, 0.2) is 59.6 Å². The minimum absolute atomic E-state index is 0.137. The van der Waals surface area contributed by atoms with Crippen LogP contribution in [-0.2, 0) is 15.0 Å². The first-order valence-corrected chi connectivity index (χ1v) is 9.50. The molecule has 0 aliphatic carbocycles. The third kappa shape index (κ3) is 2.51. The van der Waals surface area contributed by atoms with Gasteiger partial charge in [-0.25, -0.2) is 0 Å². The molecule has 0 bridgehead atoms. The van der Waals surface area contributed by atoms with Gasteiger partial charge in [0.1, 0.15) is 0 Å². The van der Waals surface area contributed by atoms with E-state index in [0.29, 0.717) is 10.7 Å². The third-order valence-corrected chi connectivity index (χ3v) is 7.10. The molecule has 2 aromatic rings. The number of carbonyl (C=O) groups excluding carboxylic acids is 2. The van der Waals surface area contributed by atoms with E-state index in [4.69, 9.17) is 11.6 Å². The molecule has 5 heteroatoms. The molecule has 1 aliphatic heterocycles. The molecule has 0 saturated heterocycles. The van der Waals surface area contributed by atoms with Crippen molar-refractivity contribution in [3.05, 3.63) is 70.2 Å². The molecule has 0 aromatic heterocycles. The van der Waals surface area contributed by atoms with Crippen LogP contribution in [0.3, 0.4) is 0 Å². The number of ketones is 1. The van der Waals surface area contributed by atoms with E-state index >= 15 is 0 Å². The zero-order valence-corrected chi connectivity index (χ0v) is 15.8. The number of halogens is 1. The summed E-state index contributed by atoms with van der Waals surface area (Å²) in [4.78, 5) is 26.7. The number of benzene rings is 2. The predicted octanol–water partition coefficient (Wildman–Crippen LogP) is 2.69. The Bertz CT molecular complexity index is 850. The second-order valence-electron chi connectivity index (χ2n) is 5.79. The Morgan fingerprint density at radius 3 is 2.46 bits per heavy atom. The number of anilines is 1. The summed E-state index contributed by atoms with van der Waals surface area (Å²) in [6.07, 6.45) is 0. The molecule has 0 fully saturated rings. The van der Waals surface area contributed by atoms with E-state index < -0.39 is 17.1 Å². The van der Waals surface area contributed by atoms with Gasteiger partial charge < -0.3 is 0 Å². The number of para-hydroxylation sites is 1. The number of amides is 1. The Kier molecular flexibility index (Phi) is 4.39. The molecule has 3 rings (SSSR count). The summed E-state index contributed by atoms with van der Waals surface area (Å²) in [6, 6.07) is 15.3. The van der Waals surface area contributed by atoms with Crippen LogP contribution in [-0.4, -0.2) is 33.7 Å². The fourth-order valence-corrected chi connectivity index (χ4v) is 5.23. The second kappa shape index (κ2) is 6.21. The maximum atomic E-state index is 12.9. The van der Waals surface area contributed by atoms with E-state index in [1.165, 1.54) is 4.90 Å². The first kappa shape index (κ1) is 17.0. The number of nitrogens with zero attached hydrogens (tertiary/aromatic N) is 1. The van der Waals surface area contributed by atoms with Crippen LogP contribution in [0, 0.1) is 0 Å². The van der Waals surface area contributed by atoms with E-state index in [0.717, 1.165) is 14.5 Å². The van der Waals surface area contributed by atoms with Crippen LogP contribution in [0.2, 0.25) is 5.02 Å². The van der Waals surface area contributed by atoms with Crippen LogP contribution in [0.25, 0.3) is 0 Å². The topological polar surface area (TPSA) is 37.4 Å². The normalized spacial score (nSPS) is 20.0. The van der Waals surface area contributed by atoms with Crippen molar-refractivity contribution in [2.24, 2.45) is 0 Å². The van der Waals surface area contributed by atoms with Crippen LogP contribution >= 0.6 is 11.6 Å². The van der Waals surface area contributed by atoms with Gasteiger partial charge in [-0.05, 0) is 0 Å². The van der Waals surface area contributed by atoms with Gasteiger partial charge in [-0.2, -0.15) is 0 Å². The molecule has 2 aromatic carbocycles. The molecule has 1 aliphatic rings. The van der Waals surface area contributed by atoms with E-state index in [1.807, 2.05) is 36.4 Å². The molecule has 1 heterocycles. The van der Waals surface area contributed by atoms with E-state index in [9.17, 15) is 9.59 Å². The summed E-state index contributed by atoms with van der Waals surface area (Å²) in [5.74, 6) is -1.01. The van der Waals surface area contributed by atoms with Crippen LogP contribution in [0.1, 0.15) is 12.5 Å². The summed E-state index contributed by atoms with van der Waals surface area (Å²) in [6.45, 7) is 5.96. The predicted molar refractivity (Wildman–Crippen MR) is 98.2 cm³/mol. The van der Waals surface area contributed by atoms with Crippen molar-refractivity contribution >= 4 is 48.4 Å². The van der Waals surface area contributed by atoms with Crippen molar-refractivity contribution in [2.45, 2.75) is 12.3 Å². The van der Waals surface area contributed by atoms with Gasteiger partial charge in [0.15, 0.2) is 0 Å². The molecule has 0 spiro atoms. The quantitative estimate of drug-likeness (QED) is 0.582. The van der Waals surface area contributed by atoms with Crippen molar-refractivity contribution in [3.8, 4) is 0 Å². The SMILES string of the molecule is C=C([Se]c1ccccc1)C1(C)C(=O)C(=O)N(C)c2c(Cl)cccc21. The minimum atomic E-state index is -1.06. The van der Waals surface area contributed by atoms with Gasteiger partial charge in [0.25, 0.3) is 0 Å². The number of allylic oxidation sites excluding steroid dienone is 1. The van der Waals surface area contributed by atoms with Gasteiger partial charge in [0, 0.05) is 0 Å². The standard InChI is InChI=1S/C19H16ClNO2Se/c1-12(24-13-8-5-4-6-9-13)19(2)14-10-7-11-15(20)16(14)21(3)18(23)17(19)22/h4-11H,1H2,2-3H3. The van der Waals surface area contributed by atoms with Crippen molar-refractivity contribution in [2.75, 3.05) is 11.9 Å². The number of hydrogen-bond acceptors (Lipinski definition) is 2. The van der Waals surface area contributed by atoms with E-state index in [-0.39, 0.29) is 15.0 Å². The van der Waals surface area contributed by atoms with Crippen LogP contribution in [0.4, 0.5) is 5.69 Å². The summed E-state index contributed by atoms with van der Waals surface area (Å²) < 4.78 is 1.86.